The second-order valence-electron chi connectivity index (χ2n) is 7.44. The van der Waals surface area contributed by atoms with Gasteiger partial charge in [0.2, 0.25) is 12.4 Å². The first kappa shape index (κ1) is 27.6. The van der Waals surface area contributed by atoms with E-state index in [4.69, 9.17) is 33.2 Å². The molecule has 12 heteroatoms. The van der Waals surface area contributed by atoms with Gasteiger partial charge in [0.25, 0.3) is 0 Å². The molecule has 1 fully saturated rings. The molecule has 1 saturated heterocycles. The smallest absolute Gasteiger partial charge is 0.303 e. The molecule has 0 bridgehead atoms. The number of aldehydes is 1. The van der Waals surface area contributed by atoms with Crippen LogP contribution in [0.4, 0.5) is 0 Å². The topological polar surface area (TPSA) is 150 Å². The van der Waals surface area contributed by atoms with Crippen LogP contribution < -0.4 is 9.47 Å². The predicted octanol–water partition coefficient (Wildman–Crippen LogP) is 1.36. The Morgan fingerprint density at radius 1 is 0.857 bits per heavy atom. The van der Waals surface area contributed by atoms with E-state index in [-0.39, 0.29) is 24.7 Å². The summed E-state index contributed by atoms with van der Waals surface area (Å²) in [6, 6.07) is 4.36. The van der Waals surface area contributed by atoms with Crippen molar-refractivity contribution in [3.8, 4) is 11.5 Å². The van der Waals surface area contributed by atoms with Gasteiger partial charge >= 0.3 is 23.9 Å². The minimum Gasteiger partial charge on any atom is -0.490 e. The van der Waals surface area contributed by atoms with Crippen LogP contribution in [0.15, 0.2) is 18.2 Å². The largest absolute Gasteiger partial charge is 0.490 e. The number of rotatable bonds is 10. The average Bonchev–Trinajstić information content (AvgIpc) is 2.76. The first-order valence-corrected chi connectivity index (χ1v) is 10.7. The summed E-state index contributed by atoms with van der Waals surface area (Å²) in [7, 11) is 0. The van der Waals surface area contributed by atoms with Crippen molar-refractivity contribution in [3.63, 3.8) is 0 Å². The van der Waals surface area contributed by atoms with Crippen LogP contribution in [0.2, 0.25) is 0 Å². The van der Waals surface area contributed by atoms with Crippen molar-refractivity contribution >= 4 is 30.2 Å². The fourth-order valence-electron chi connectivity index (χ4n) is 3.37. The number of hydrogen-bond donors (Lipinski definition) is 0. The maximum atomic E-state index is 11.9. The van der Waals surface area contributed by atoms with Crippen molar-refractivity contribution in [2.75, 3.05) is 13.2 Å². The van der Waals surface area contributed by atoms with Crippen LogP contribution in [0.25, 0.3) is 0 Å². The van der Waals surface area contributed by atoms with Crippen LogP contribution in [0.5, 0.6) is 11.5 Å². The van der Waals surface area contributed by atoms with Gasteiger partial charge in [-0.05, 0) is 25.1 Å². The van der Waals surface area contributed by atoms with Gasteiger partial charge in [-0.15, -0.1) is 0 Å². The summed E-state index contributed by atoms with van der Waals surface area (Å²) in [5, 5.41) is 0. The fraction of sp³-hybridized carbons (Fsp3) is 0.522. The molecule has 1 aliphatic heterocycles. The molecule has 1 aromatic rings. The Kier molecular flexibility index (Phi) is 10.0. The molecule has 5 atom stereocenters. The number of carbonyl (C=O) groups is 5. The molecule has 0 aromatic heterocycles. The van der Waals surface area contributed by atoms with Gasteiger partial charge in [0, 0.05) is 33.3 Å². The van der Waals surface area contributed by atoms with E-state index in [9.17, 15) is 24.0 Å². The van der Waals surface area contributed by atoms with Gasteiger partial charge in [-0.25, -0.2) is 0 Å². The van der Waals surface area contributed by atoms with Crippen molar-refractivity contribution in [2.45, 2.75) is 65.3 Å². The molecule has 1 heterocycles. The third-order valence-electron chi connectivity index (χ3n) is 4.60. The standard InChI is InChI=1S/C23H28O12/c1-6-29-18-9-16(10-24)7-8-17(18)34-23-22(33-15(5)28)21(32-14(4)27)20(31-13(3)26)19(35-23)11-30-12(2)25/h7-10,19-23H,6,11H2,1-5H3/t19-,20-,21+,22-,23-/m1/s1. The Morgan fingerprint density at radius 2 is 1.46 bits per heavy atom. The molecule has 12 nitrogen and oxygen atoms in total. The molecule has 2 rings (SSSR count). The SMILES string of the molecule is CCOc1cc(C=O)ccc1O[C@@H]1O[C@H](COC(C)=O)[C@@H](OC(C)=O)[C@H](OC(C)=O)[C@H]1OC(C)=O. The normalized spacial score (nSPS) is 23.4. The summed E-state index contributed by atoms with van der Waals surface area (Å²) in [5.41, 5.74) is 0.322. The maximum Gasteiger partial charge on any atom is 0.303 e. The molecule has 0 spiro atoms. The Hall–Kier alpha value is -3.67. The number of benzene rings is 1. The second-order valence-corrected chi connectivity index (χ2v) is 7.44. The zero-order chi connectivity index (χ0) is 26.1. The van der Waals surface area contributed by atoms with Gasteiger partial charge in [0.05, 0.1) is 6.61 Å². The van der Waals surface area contributed by atoms with Gasteiger partial charge in [-0.1, -0.05) is 0 Å². The van der Waals surface area contributed by atoms with Crippen molar-refractivity contribution in [2.24, 2.45) is 0 Å². The molecule has 1 aliphatic rings. The first-order valence-electron chi connectivity index (χ1n) is 10.7. The Bertz CT molecular complexity index is 942. The van der Waals surface area contributed by atoms with E-state index in [1.165, 1.54) is 25.1 Å². The minimum absolute atomic E-state index is 0.123. The molecular weight excluding hydrogens is 468 g/mol. The molecule has 35 heavy (non-hydrogen) atoms. The van der Waals surface area contributed by atoms with Crippen molar-refractivity contribution < 1.29 is 57.1 Å². The van der Waals surface area contributed by atoms with E-state index < -0.39 is 54.6 Å². The highest BCUT2D eigenvalue weighted by molar-refractivity contribution is 5.76. The fourth-order valence-corrected chi connectivity index (χ4v) is 3.37. The number of carbonyl (C=O) groups excluding carboxylic acids is 5. The van der Waals surface area contributed by atoms with Crippen LogP contribution in [0, 0.1) is 0 Å². The molecule has 0 aliphatic carbocycles. The lowest BCUT2D eigenvalue weighted by Crippen LogP contribution is -2.63. The maximum absolute atomic E-state index is 11.9. The lowest BCUT2D eigenvalue weighted by molar-refractivity contribution is -0.288. The highest BCUT2D eigenvalue weighted by atomic mass is 16.7. The van der Waals surface area contributed by atoms with Gasteiger partial charge in [-0.3, -0.25) is 24.0 Å². The van der Waals surface area contributed by atoms with Crippen LogP contribution in [-0.4, -0.2) is 74.1 Å². The molecule has 0 unspecified atom stereocenters. The number of hydrogen-bond acceptors (Lipinski definition) is 12. The van der Waals surface area contributed by atoms with Crippen molar-refractivity contribution in [1.29, 1.82) is 0 Å². The lowest BCUT2D eigenvalue weighted by Gasteiger charge is -2.44. The second kappa shape index (κ2) is 12.7. The number of esters is 4. The molecule has 1 aromatic carbocycles. The van der Waals surface area contributed by atoms with Crippen molar-refractivity contribution in [3.05, 3.63) is 23.8 Å². The Balaban J connectivity index is 2.52. The lowest BCUT2D eigenvalue weighted by atomic mass is 9.98. The zero-order valence-electron chi connectivity index (χ0n) is 20.0. The van der Waals surface area contributed by atoms with Crippen LogP contribution in [0.1, 0.15) is 45.0 Å². The van der Waals surface area contributed by atoms with E-state index in [2.05, 4.69) is 0 Å². The van der Waals surface area contributed by atoms with Gasteiger partial charge in [0.15, 0.2) is 23.7 Å². The van der Waals surface area contributed by atoms with Gasteiger partial charge in [0.1, 0.15) is 19.0 Å². The Morgan fingerprint density at radius 3 is 2.00 bits per heavy atom. The highest BCUT2D eigenvalue weighted by Crippen LogP contribution is 2.34. The molecule has 0 saturated carbocycles. The van der Waals surface area contributed by atoms with Gasteiger partial charge in [-0.2, -0.15) is 0 Å². The molecular formula is C23H28O12. The van der Waals surface area contributed by atoms with E-state index >= 15 is 0 Å². The first-order chi connectivity index (χ1) is 16.5. The molecule has 0 amide bonds. The molecule has 0 radical (unpaired) electrons. The zero-order valence-corrected chi connectivity index (χ0v) is 20.0. The molecule has 0 N–H and O–H groups in total. The summed E-state index contributed by atoms with van der Waals surface area (Å²) < 4.78 is 38.4. The predicted molar refractivity (Wildman–Crippen MR) is 116 cm³/mol. The summed E-state index contributed by atoms with van der Waals surface area (Å²) in [6.07, 6.45) is -6.02. The van der Waals surface area contributed by atoms with Crippen LogP contribution in [0.3, 0.4) is 0 Å². The third kappa shape index (κ3) is 7.95. The summed E-state index contributed by atoms with van der Waals surface area (Å²) >= 11 is 0. The summed E-state index contributed by atoms with van der Waals surface area (Å²) in [4.78, 5) is 58.2. The van der Waals surface area contributed by atoms with Crippen LogP contribution >= 0.6 is 0 Å². The molecule has 192 valence electrons. The van der Waals surface area contributed by atoms with E-state index in [0.717, 1.165) is 20.8 Å². The number of ether oxygens (including phenoxy) is 7. The summed E-state index contributed by atoms with van der Waals surface area (Å²) in [5.74, 6) is -2.58. The quantitative estimate of drug-likeness (QED) is 0.261. The highest BCUT2D eigenvalue weighted by Gasteiger charge is 2.53. The minimum atomic E-state index is -1.42. The van der Waals surface area contributed by atoms with E-state index in [1.54, 1.807) is 6.92 Å². The average molecular weight is 496 g/mol. The van der Waals surface area contributed by atoms with Crippen molar-refractivity contribution in [1.82, 2.24) is 0 Å². The van der Waals surface area contributed by atoms with E-state index in [1.807, 2.05) is 0 Å². The summed E-state index contributed by atoms with van der Waals surface area (Å²) in [6.45, 7) is 6.13. The van der Waals surface area contributed by atoms with Crippen LogP contribution in [-0.2, 0) is 42.9 Å². The Labute approximate surface area is 201 Å². The monoisotopic (exact) mass is 496 g/mol. The van der Waals surface area contributed by atoms with Gasteiger partial charge < -0.3 is 33.2 Å². The third-order valence-corrected chi connectivity index (χ3v) is 4.60. The van der Waals surface area contributed by atoms with E-state index in [0.29, 0.717) is 11.8 Å².